The smallest absolute Gasteiger partial charge is 0.260 e. The summed E-state index contributed by atoms with van der Waals surface area (Å²) in [6, 6.07) is 6.11. The number of piperidine rings is 2. The van der Waals surface area contributed by atoms with Crippen molar-refractivity contribution >= 4 is 115 Å². The molecule has 36 heteroatoms. The molecule has 2 saturated carbocycles. The number of hydrogen-bond acceptors (Lipinski definition) is 20. The molecule has 2 aliphatic heterocycles. The zero-order valence-corrected chi connectivity index (χ0v) is 80.7. The number of nitrogens with two attached hydrogens (primary N) is 4. The van der Waals surface area contributed by atoms with Crippen LogP contribution in [0, 0.1) is 51.0 Å². The molecular formula is C96H116Cl4F4N20O8. The third-order valence-electron chi connectivity index (χ3n) is 24.8. The van der Waals surface area contributed by atoms with Crippen molar-refractivity contribution in [3.63, 3.8) is 0 Å². The number of ether oxygens (including phenoxy) is 4. The lowest BCUT2D eigenvalue weighted by molar-refractivity contribution is 0.0704. The summed E-state index contributed by atoms with van der Waals surface area (Å²) in [7, 11) is 0. The van der Waals surface area contributed by atoms with Crippen LogP contribution in [-0.4, -0.2) is 153 Å². The Balaban J connectivity index is 0.000000150. The summed E-state index contributed by atoms with van der Waals surface area (Å²) < 4.78 is 93.1. The van der Waals surface area contributed by atoms with E-state index in [2.05, 4.69) is 30.6 Å². The minimum Gasteiger partial charge on any atom is -0.490 e. The van der Waals surface area contributed by atoms with Gasteiger partial charge in [0.1, 0.15) is 114 Å². The van der Waals surface area contributed by atoms with Crippen molar-refractivity contribution in [2.45, 2.75) is 261 Å². The van der Waals surface area contributed by atoms with Crippen LogP contribution >= 0.6 is 46.4 Å². The average Bonchev–Trinajstić information content (AvgIpc) is 1.58. The zero-order valence-electron chi connectivity index (χ0n) is 77.7. The molecule has 4 aromatic carbocycles. The van der Waals surface area contributed by atoms with E-state index in [4.69, 9.17) is 108 Å². The first-order valence-corrected chi connectivity index (χ1v) is 46.4. The van der Waals surface area contributed by atoms with Crippen LogP contribution in [-0.2, 0) is 0 Å². The van der Waals surface area contributed by atoms with Crippen molar-refractivity contribution in [3.8, 4) is 23.0 Å². The standard InChI is InChI=1S/4C24H29ClFN5O2/c2*1-13(2)33-21-16(14(3)23-29-15(4)20-22(27)28-8-11-31(20)23)12-17(25)19(26)18(21)24(32)30-9-6-5-7-10-30;2*1-6-24(7-8-24)30-23(32)17-18(26)16(25)11-15(20(17)33-12(2)3)13(4)22-29-14(5)19-21(27)28-9-10-31(19)22/h2*8,11-14H,5-7,9-10H2,1-4H3,(H2,27,28);2*9-13H,6-8H2,1-5H3,(H2,27,28)(H,30,32)/t2*14-;2*13-/m1010/s1. The first-order chi connectivity index (χ1) is 62.6. The number of carbonyl (C=O) groups excluding carboxylic acids is 4. The SMILES string of the molecule is CCC1(NC(=O)c2c(F)c(Cl)cc([C@@H](C)c3nc(C)c4c(N)nccn34)c2OC(C)C)CC1.CCC1(NC(=O)c2c(F)c(Cl)cc([C@H](C)c3nc(C)c4c(N)nccn34)c2OC(C)C)CC1.Cc1nc([C@@H](C)c2cc(Cl)c(F)c(C(=O)N3CCCCC3)c2OC(C)C)n2ccnc(N)c12.Cc1nc([C@H](C)c2cc(Cl)c(F)c(C(=O)N3CCCCC3)c2OC(C)C)n2ccnc(N)c12. The summed E-state index contributed by atoms with van der Waals surface area (Å²) in [5, 5.41) is 5.48. The van der Waals surface area contributed by atoms with Crippen molar-refractivity contribution in [1.29, 1.82) is 0 Å². The number of benzene rings is 4. The molecule has 4 fully saturated rings. The highest BCUT2D eigenvalue weighted by molar-refractivity contribution is 6.32. The number of hydrogen-bond donors (Lipinski definition) is 6. The van der Waals surface area contributed by atoms with Gasteiger partial charge < -0.3 is 62.3 Å². The number of aryl methyl sites for hydroxylation is 4. The van der Waals surface area contributed by atoms with E-state index in [9.17, 15) is 19.2 Å². The molecule has 0 radical (unpaired) electrons. The van der Waals surface area contributed by atoms with Gasteiger partial charge >= 0.3 is 0 Å². The molecule has 4 aliphatic rings. The van der Waals surface area contributed by atoms with E-state index < -0.39 is 46.9 Å². The number of halogens is 8. The Morgan fingerprint density at radius 3 is 0.811 bits per heavy atom. The van der Waals surface area contributed by atoms with Gasteiger partial charge in [-0.1, -0.05) is 87.9 Å². The fraction of sp³-hybridized carbons (Fsp3) is 0.458. The van der Waals surface area contributed by atoms with Crippen LogP contribution in [0.3, 0.4) is 0 Å². The second kappa shape index (κ2) is 40.1. The average molecular weight is 1900 g/mol. The highest BCUT2D eigenvalue weighted by Crippen LogP contribution is 2.48. The highest BCUT2D eigenvalue weighted by atomic mass is 35.5. The molecule has 8 aromatic heterocycles. The molecule has 0 unspecified atom stereocenters. The second-order valence-electron chi connectivity index (χ2n) is 35.6. The van der Waals surface area contributed by atoms with E-state index in [1.165, 1.54) is 24.3 Å². The summed E-state index contributed by atoms with van der Waals surface area (Å²) in [4.78, 5) is 92.3. The molecule has 4 amide bonds. The van der Waals surface area contributed by atoms with Gasteiger partial charge in [0.05, 0.1) is 67.3 Å². The maximum absolute atomic E-state index is 15.4. The van der Waals surface area contributed by atoms with Crippen LogP contribution in [0.4, 0.5) is 40.8 Å². The fourth-order valence-corrected chi connectivity index (χ4v) is 18.3. The number of fused-ring (bicyclic) bond motifs is 4. The van der Waals surface area contributed by atoms with Gasteiger partial charge in [-0.15, -0.1) is 0 Å². The number of nitrogens with one attached hydrogen (secondary N) is 2. The van der Waals surface area contributed by atoms with Gasteiger partial charge in [0.15, 0.2) is 23.3 Å². The largest absolute Gasteiger partial charge is 0.490 e. The number of likely N-dealkylation sites (tertiary alicyclic amines) is 2. The van der Waals surface area contributed by atoms with Crippen molar-refractivity contribution in [2.75, 3.05) is 49.1 Å². The first-order valence-electron chi connectivity index (χ1n) is 44.9. The molecule has 132 heavy (non-hydrogen) atoms. The molecule has 10 N–H and O–H groups in total. The van der Waals surface area contributed by atoms with Gasteiger partial charge in [-0.3, -0.25) is 36.8 Å². The molecule has 2 aliphatic carbocycles. The van der Waals surface area contributed by atoms with Crippen molar-refractivity contribution in [3.05, 3.63) is 208 Å². The fourth-order valence-electron chi connectivity index (χ4n) is 17.4. The Bertz CT molecular complexity index is 6020. The van der Waals surface area contributed by atoms with E-state index in [0.29, 0.717) is 117 Å². The van der Waals surface area contributed by atoms with Gasteiger partial charge in [-0.25, -0.2) is 57.4 Å². The summed E-state index contributed by atoms with van der Waals surface area (Å²) in [5.74, 6) is -1.47. The Labute approximate surface area is 785 Å². The predicted octanol–water partition coefficient (Wildman–Crippen LogP) is 20.0. The van der Waals surface area contributed by atoms with E-state index in [-0.39, 0.29) is 125 Å². The van der Waals surface area contributed by atoms with Gasteiger partial charge in [0, 0.05) is 133 Å². The lowest BCUT2D eigenvalue weighted by Gasteiger charge is -2.29. The number of imidazole rings is 4. The van der Waals surface area contributed by atoms with Crippen molar-refractivity contribution in [2.24, 2.45) is 0 Å². The Morgan fingerprint density at radius 1 is 0.379 bits per heavy atom. The lowest BCUT2D eigenvalue weighted by Crippen LogP contribution is -2.37. The Morgan fingerprint density at radius 2 is 0.598 bits per heavy atom. The second-order valence-corrected chi connectivity index (χ2v) is 37.3. The highest BCUT2D eigenvalue weighted by Gasteiger charge is 2.46. The van der Waals surface area contributed by atoms with Crippen LogP contribution in [0.1, 0.15) is 307 Å². The maximum Gasteiger partial charge on any atom is 0.260 e. The van der Waals surface area contributed by atoms with Crippen molar-refractivity contribution < 1.29 is 55.7 Å². The number of nitrogen functional groups attached to an aromatic ring is 4. The van der Waals surface area contributed by atoms with Crippen LogP contribution in [0.5, 0.6) is 23.0 Å². The number of nitrogens with zero attached hydrogens (tertiary/aromatic N) is 14. The lowest BCUT2D eigenvalue weighted by atomic mass is 9.95. The number of rotatable bonds is 24. The van der Waals surface area contributed by atoms with E-state index in [1.807, 2.05) is 142 Å². The quantitative estimate of drug-likeness (QED) is 0.0306. The van der Waals surface area contributed by atoms with E-state index in [0.717, 1.165) is 99.8 Å². The first kappa shape index (κ1) is 98.0. The minimum atomic E-state index is -0.787. The van der Waals surface area contributed by atoms with Gasteiger partial charge in [0.2, 0.25) is 0 Å². The topological polar surface area (TPSA) is 361 Å². The summed E-state index contributed by atoms with van der Waals surface area (Å²) in [6.07, 6.45) is 23.1. The summed E-state index contributed by atoms with van der Waals surface area (Å²) >= 11 is 25.3. The molecule has 16 rings (SSSR count). The molecule has 0 bridgehead atoms. The van der Waals surface area contributed by atoms with Gasteiger partial charge in [-0.2, -0.15) is 0 Å². The Hall–Kier alpha value is -11.5. The number of carbonyl (C=O) groups is 4. The van der Waals surface area contributed by atoms with Crippen LogP contribution < -0.4 is 52.5 Å². The molecule has 12 aromatic rings. The molecule has 28 nitrogen and oxygen atoms in total. The Kier molecular flexibility index (Phi) is 29.8. The molecule has 704 valence electrons. The minimum absolute atomic E-state index is 0.112. The third kappa shape index (κ3) is 19.9. The molecule has 4 atom stereocenters. The summed E-state index contributed by atoms with van der Waals surface area (Å²) in [6.45, 7) is 36.2. The summed E-state index contributed by atoms with van der Waals surface area (Å²) in [5.41, 5.74) is 31.2. The zero-order chi connectivity index (χ0) is 95.9. The number of amides is 4. The third-order valence-corrected chi connectivity index (χ3v) is 25.9. The van der Waals surface area contributed by atoms with Crippen LogP contribution in [0.2, 0.25) is 20.1 Å². The van der Waals surface area contributed by atoms with Crippen LogP contribution in [0.25, 0.3) is 22.1 Å². The molecule has 10 heterocycles. The number of aromatic nitrogens is 12. The van der Waals surface area contributed by atoms with Crippen molar-refractivity contribution in [1.82, 2.24) is 77.9 Å². The monoisotopic (exact) mass is 1890 g/mol. The molecule has 0 spiro atoms. The molecular weight excluding hydrogens is 1780 g/mol. The normalized spacial score (nSPS) is 15.5. The van der Waals surface area contributed by atoms with Crippen LogP contribution in [0.15, 0.2) is 73.8 Å². The van der Waals surface area contributed by atoms with E-state index in [1.54, 1.807) is 59.4 Å². The molecule has 2 saturated heterocycles. The van der Waals surface area contributed by atoms with Gasteiger partial charge in [-0.05, 0) is 184 Å². The van der Waals surface area contributed by atoms with Gasteiger partial charge in [0.25, 0.3) is 23.6 Å². The number of anilines is 4. The van der Waals surface area contributed by atoms with E-state index >= 15 is 17.6 Å². The predicted molar refractivity (Wildman–Crippen MR) is 506 cm³/mol. The maximum atomic E-state index is 15.4.